The van der Waals surface area contributed by atoms with E-state index in [9.17, 15) is 9.18 Å². The van der Waals surface area contributed by atoms with Gasteiger partial charge in [-0.15, -0.1) is 0 Å². The molecule has 0 fully saturated rings. The second-order valence-corrected chi connectivity index (χ2v) is 5.28. The Morgan fingerprint density at radius 3 is 2.90 bits per heavy atom. The predicted octanol–water partition coefficient (Wildman–Crippen LogP) is 3.27. The molecule has 0 amide bonds. The van der Waals surface area contributed by atoms with Crippen LogP contribution < -0.4 is 0 Å². The van der Waals surface area contributed by atoms with Gasteiger partial charge in [-0.05, 0) is 61.4 Å². The van der Waals surface area contributed by atoms with Crippen molar-refractivity contribution in [3.8, 4) is 0 Å². The quantitative estimate of drug-likeness (QED) is 0.933. The summed E-state index contributed by atoms with van der Waals surface area (Å²) in [7, 11) is 0. The number of benzene rings is 1. The summed E-state index contributed by atoms with van der Waals surface area (Å²) in [6.45, 7) is 0. The topological polar surface area (TPSA) is 50.2 Å². The monoisotopic (exact) mass is 273 g/mol. The number of rotatable bonds is 3. The molecule has 1 aromatic carbocycles. The van der Waals surface area contributed by atoms with Crippen LogP contribution in [0, 0.1) is 5.82 Å². The number of aliphatic carboxylic acids is 1. The number of carboxylic acid groups (broad SMARTS) is 1. The third-order valence-electron chi connectivity index (χ3n) is 3.93. The maximum atomic E-state index is 13.5. The number of aromatic nitrogens is 1. The Morgan fingerprint density at radius 1 is 1.30 bits per heavy atom. The summed E-state index contributed by atoms with van der Waals surface area (Å²) in [6, 6.07) is 4.57. The van der Waals surface area contributed by atoms with Crippen molar-refractivity contribution in [2.75, 3.05) is 0 Å². The van der Waals surface area contributed by atoms with Crippen molar-refractivity contribution in [1.29, 1.82) is 0 Å². The highest BCUT2D eigenvalue weighted by Gasteiger charge is 2.18. The van der Waals surface area contributed by atoms with Gasteiger partial charge in [-0.1, -0.05) is 0 Å². The lowest BCUT2D eigenvalue weighted by atomic mass is 9.88. The minimum absolute atomic E-state index is 0.0715. The van der Waals surface area contributed by atoms with Gasteiger partial charge < -0.3 is 5.11 Å². The van der Waals surface area contributed by atoms with Gasteiger partial charge in [0.1, 0.15) is 5.82 Å². The van der Waals surface area contributed by atoms with Crippen LogP contribution in [0.15, 0.2) is 18.2 Å². The molecule has 1 N–H and O–H groups in total. The van der Waals surface area contributed by atoms with Gasteiger partial charge in [0.25, 0.3) is 0 Å². The van der Waals surface area contributed by atoms with Crippen LogP contribution in [-0.2, 0) is 24.1 Å². The van der Waals surface area contributed by atoms with Gasteiger partial charge in [0.2, 0.25) is 0 Å². The number of pyridine rings is 1. The first-order valence-electron chi connectivity index (χ1n) is 6.97. The van der Waals surface area contributed by atoms with Crippen LogP contribution in [0.3, 0.4) is 0 Å². The average Bonchev–Trinajstić information content (AvgIpc) is 2.43. The van der Waals surface area contributed by atoms with E-state index in [4.69, 9.17) is 5.11 Å². The highest BCUT2D eigenvalue weighted by molar-refractivity contribution is 5.84. The van der Waals surface area contributed by atoms with E-state index in [1.165, 1.54) is 12.1 Å². The number of hydrogen-bond acceptors (Lipinski definition) is 2. The number of halogens is 1. The molecule has 0 saturated heterocycles. The van der Waals surface area contributed by atoms with Crippen molar-refractivity contribution in [1.82, 2.24) is 4.98 Å². The fourth-order valence-electron chi connectivity index (χ4n) is 3.01. The first-order chi connectivity index (χ1) is 9.65. The third kappa shape index (κ3) is 2.38. The van der Waals surface area contributed by atoms with E-state index in [0.717, 1.165) is 53.4 Å². The number of hydrogen-bond donors (Lipinski definition) is 1. The average molecular weight is 273 g/mol. The summed E-state index contributed by atoms with van der Waals surface area (Å²) in [5, 5.41) is 9.69. The summed E-state index contributed by atoms with van der Waals surface area (Å²) < 4.78 is 13.5. The van der Waals surface area contributed by atoms with Crippen LogP contribution in [0.1, 0.15) is 36.1 Å². The van der Waals surface area contributed by atoms with Crippen LogP contribution in [-0.4, -0.2) is 16.1 Å². The molecule has 0 radical (unpaired) electrons. The molecule has 0 aliphatic heterocycles. The summed E-state index contributed by atoms with van der Waals surface area (Å²) >= 11 is 0. The number of carbonyl (C=O) groups is 1. The molecule has 0 saturated carbocycles. The molecule has 1 heterocycles. The van der Waals surface area contributed by atoms with Crippen LogP contribution in [0.2, 0.25) is 0 Å². The van der Waals surface area contributed by atoms with E-state index < -0.39 is 5.97 Å². The summed E-state index contributed by atoms with van der Waals surface area (Å²) in [6.07, 6.45) is 4.58. The van der Waals surface area contributed by atoms with Crippen LogP contribution in [0.5, 0.6) is 0 Å². The summed E-state index contributed by atoms with van der Waals surface area (Å²) in [5.74, 6) is -1.12. The van der Waals surface area contributed by atoms with Crippen molar-refractivity contribution in [3.05, 3.63) is 40.8 Å². The molecule has 4 heteroatoms. The van der Waals surface area contributed by atoms with Gasteiger partial charge in [-0.25, -0.2) is 4.39 Å². The Balaban J connectivity index is 2.19. The SMILES string of the molecule is O=C(O)CCc1c2c(nc3ccc(F)cc13)CCCC2. The Labute approximate surface area is 116 Å². The molecular weight excluding hydrogens is 257 g/mol. The molecule has 0 bridgehead atoms. The Bertz CT molecular complexity index is 682. The van der Waals surface area contributed by atoms with Crippen molar-refractivity contribution in [2.24, 2.45) is 0 Å². The third-order valence-corrected chi connectivity index (χ3v) is 3.93. The zero-order valence-electron chi connectivity index (χ0n) is 11.2. The molecule has 104 valence electrons. The lowest BCUT2D eigenvalue weighted by molar-refractivity contribution is -0.136. The van der Waals surface area contributed by atoms with Crippen LogP contribution >= 0.6 is 0 Å². The maximum absolute atomic E-state index is 13.5. The molecule has 1 aliphatic carbocycles. The van der Waals surface area contributed by atoms with Crippen LogP contribution in [0.25, 0.3) is 10.9 Å². The Morgan fingerprint density at radius 2 is 2.10 bits per heavy atom. The van der Waals surface area contributed by atoms with Gasteiger partial charge in [0.05, 0.1) is 5.52 Å². The second kappa shape index (κ2) is 5.19. The molecule has 1 aliphatic rings. The fraction of sp³-hybridized carbons (Fsp3) is 0.375. The van der Waals surface area contributed by atoms with E-state index in [0.29, 0.717) is 6.42 Å². The summed E-state index contributed by atoms with van der Waals surface area (Å²) in [4.78, 5) is 15.5. The summed E-state index contributed by atoms with van der Waals surface area (Å²) in [5.41, 5.74) is 3.96. The van der Waals surface area contributed by atoms with Gasteiger partial charge in [0, 0.05) is 17.5 Å². The molecule has 0 unspecified atom stereocenters. The molecule has 2 aromatic rings. The van der Waals surface area contributed by atoms with E-state index in [-0.39, 0.29) is 12.2 Å². The molecule has 1 aromatic heterocycles. The zero-order chi connectivity index (χ0) is 14.1. The Kier molecular flexibility index (Phi) is 3.38. The Hall–Kier alpha value is -1.97. The van der Waals surface area contributed by atoms with Crippen molar-refractivity contribution in [2.45, 2.75) is 38.5 Å². The normalized spacial score (nSPS) is 14.2. The molecule has 3 nitrogen and oxygen atoms in total. The second-order valence-electron chi connectivity index (χ2n) is 5.28. The van der Waals surface area contributed by atoms with Crippen molar-refractivity contribution >= 4 is 16.9 Å². The minimum atomic E-state index is -0.823. The molecule has 0 spiro atoms. The maximum Gasteiger partial charge on any atom is 0.303 e. The van der Waals surface area contributed by atoms with E-state index in [1.54, 1.807) is 6.07 Å². The zero-order valence-corrected chi connectivity index (χ0v) is 11.2. The minimum Gasteiger partial charge on any atom is -0.481 e. The number of fused-ring (bicyclic) bond motifs is 2. The van der Waals surface area contributed by atoms with Gasteiger partial charge in [-0.3, -0.25) is 9.78 Å². The fourth-order valence-corrected chi connectivity index (χ4v) is 3.01. The van der Waals surface area contributed by atoms with Gasteiger partial charge >= 0.3 is 5.97 Å². The molecule has 0 atom stereocenters. The number of aryl methyl sites for hydroxylation is 2. The lowest BCUT2D eigenvalue weighted by Crippen LogP contribution is -2.11. The van der Waals surface area contributed by atoms with Crippen LogP contribution in [0.4, 0.5) is 4.39 Å². The number of nitrogens with zero attached hydrogens (tertiary/aromatic N) is 1. The molecule has 20 heavy (non-hydrogen) atoms. The first-order valence-corrected chi connectivity index (χ1v) is 6.97. The molecular formula is C16H16FNO2. The number of carboxylic acids is 1. The van der Waals surface area contributed by atoms with Crippen molar-refractivity contribution < 1.29 is 14.3 Å². The van der Waals surface area contributed by atoms with E-state index in [1.807, 2.05) is 0 Å². The molecule has 3 rings (SSSR count). The standard InChI is InChI=1S/C16H16FNO2/c17-10-5-7-15-13(9-10)11(6-8-16(19)20)12-3-1-2-4-14(12)18-15/h5,7,9H,1-4,6,8H2,(H,19,20). The predicted molar refractivity (Wildman–Crippen MR) is 74.3 cm³/mol. The largest absolute Gasteiger partial charge is 0.481 e. The van der Waals surface area contributed by atoms with E-state index >= 15 is 0 Å². The van der Waals surface area contributed by atoms with Gasteiger partial charge in [0.15, 0.2) is 0 Å². The highest BCUT2D eigenvalue weighted by Crippen LogP contribution is 2.30. The smallest absolute Gasteiger partial charge is 0.303 e. The lowest BCUT2D eigenvalue weighted by Gasteiger charge is -2.20. The highest BCUT2D eigenvalue weighted by atomic mass is 19.1. The van der Waals surface area contributed by atoms with E-state index in [2.05, 4.69) is 4.98 Å². The van der Waals surface area contributed by atoms with Gasteiger partial charge in [-0.2, -0.15) is 0 Å². The van der Waals surface area contributed by atoms with Crippen molar-refractivity contribution in [3.63, 3.8) is 0 Å². The first kappa shape index (κ1) is 13.0.